The van der Waals surface area contributed by atoms with Crippen molar-refractivity contribution in [2.45, 2.75) is 5.92 Å². The third kappa shape index (κ3) is 4.37. The van der Waals surface area contributed by atoms with Gasteiger partial charge in [0.15, 0.2) is 23.0 Å². The minimum Gasteiger partial charge on any atom is -0.493 e. The Hall–Kier alpha value is -3.66. The van der Waals surface area contributed by atoms with Crippen LogP contribution in [0.1, 0.15) is 21.8 Å². The molecule has 3 aliphatic rings. The molecule has 2 aromatic carbocycles. The number of carbonyl (C=O) groups excluding carboxylic acids is 2. The summed E-state index contributed by atoms with van der Waals surface area (Å²) in [6, 6.07) is 8.87. The molecule has 10 heteroatoms. The van der Waals surface area contributed by atoms with Crippen LogP contribution >= 0.6 is 0 Å². The van der Waals surface area contributed by atoms with E-state index in [9.17, 15) is 9.59 Å². The van der Waals surface area contributed by atoms with E-state index in [0.717, 1.165) is 5.56 Å². The fraction of sp³-hybridized carbons (Fsp3) is 0.462. The Morgan fingerprint density at radius 3 is 2.22 bits per heavy atom. The van der Waals surface area contributed by atoms with Crippen molar-refractivity contribution in [2.75, 3.05) is 67.5 Å². The van der Waals surface area contributed by atoms with Gasteiger partial charge in [0.05, 0.1) is 40.5 Å². The summed E-state index contributed by atoms with van der Waals surface area (Å²) >= 11 is 0. The van der Waals surface area contributed by atoms with Crippen LogP contribution in [-0.2, 0) is 9.53 Å². The summed E-state index contributed by atoms with van der Waals surface area (Å²) in [5, 5.41) is 0. The number of carbonyl (C=O) groups is 2. The summed E-state index contributed by atoms with van der Waals surface area (Å²) < 4.78 is 32.8. The van der Waals surface area contributed by atoms with Crippen LogP contribution in [0.3, 0.4) is 0 Å². The van der Waals surface area contributed by atoms with Crippen molar-refractivity contribution < 1.29 is 38.0 Å². The third-order valence-corrected chi connectivity index (χ3v) is 6.98. The van der Waals surface area contributed by atoms with Gasteiger partial charge in [-0.2, -0.15) is 0 Å². The van der Waals surface area contributed by atoms with Crippen molar-refractivity contribution in [3.63, 3.8) is 0 Å². The molecule has 0 spiro atoms. The first-order chi connectivity index (χ1) is 17.5. The first-order valence-electron chi connectivity index (χ1n) is 11.9. The number of likely N-dealkylation sites (tertiary alicyclic amines) is 1. The molecule has 10 nitrogen and oxygen atoms in total. The van der Waals surface area contributed by atoms with E-state index < -0.39 is 5.92 Å². The quantitative estimate of drug-likeness (QED) is 0.598. The van der Waals surface area contributed by atoms with Crippen LogP contribution in [0.4, 0.5) is 0 Å². The second kappa shape index (κ2) is 10.1. The second-order valence-electron chi connectivity index (χ2n) is 8.89. The number of hydrogen-bond acceptors (Lipinski definition) is 8. The number of hydrogen-bond donors (Lipinski definition) is 0. The van der Waals surface area contributed by atoms with Crippen LogP contribution in [0.15, 0.2) is 30.3 Å². The smallest absolute Gasteiger partial charge is 0.254 e. The van der Waals surface area contributed by atoms with Gasteiger partial charge in [-0.1, -0.05) is 0 Å². The molecular weight excluding hydrogens is 468 g/mol. The molecule has 0 saturated carbocycles. The largest absolute Gasteiger partial charge is 0.493 e. The average Bonchev–Trinajstić information content (AvgIpc) is 3.59. The van der Waals surface area contributed by atoms with Gasteiger partial charge in [0.1, 0.15) is 0 Å². The zero-order valence-electron chi connectivity index (χ0n) is 20.7. The molecule has 2 atom stereocenters. The van der Waals surface area contributed by atoms with Crippen molar-refractivity contribution in [2.24, 2.45) is 5.92 Å². The highest BCUT2D eigenvalue weighted by Crippen LogP contribution is 2.44. The van der Waals surface area contributed by atoms with Gasteiger partial charge in [0, 0.05) is 37.7 Å². The minimum absolute atomic E-state index is 0.0121. The van der Waals surface area contributed by atoms with Crippen LogP contribution in [0.5, 0.6) is 28.7 Å². The molecule has 0 unspecified atom stereocenters. The number of amides is 2. The van der Waals surface area contributed by atoms with Gasteiger partial charge in [-0.05, 0) is 35.9 Å². The Bertz CT molecular complexity index is 1120. The zero-order valence-corrected chi connectivity index (χ0v) is 20.7. The van der Waals surface area contributed by atoms with E-state index in [1.165, 1.54) is 0 Å². The molecule has 3 aliphatic heterocycles. The highest BCUT2D eigenvalue weighted by Gasteiger charge is 2.43. The molecule has 5 rings (SSSR count). The van der Waals surface area contributed by atoms with E-state index in [1.807, 2.05) is 17.0 Å². The van der Waals surface area contributed by atoms with Crippen LogP contribution < -0.4 is 23.7 Å². The molecule has 3 heterocycles. The molecule has 2 fully saturated rings. The van der Waals surface area contributed by atoms with E-state index in [1.54, 1.807) is 44.4 Å². The molecule has 0 radical (unpaired) electrons. The monoisotopic (exact) mass is 498 g/mol. The van der Waals surface area contributed by atoms with Gasteiger partial charge in [-0.25, -0.2) is 0 Å². The Kier molecular flexibility index (Phi) is 6.77. The van der Waals surface area contributed by atoms with Gasteiger partial charge in [0.25, 0.3) is 5.91 Å². The topological polar surface area (TPSA) is 96.0 Å². The molecule has 0 aliphatic carbocycles. The van der Waals surface area contributed by atoms with Crippen LogP contribution in [0.25, 0.3) is 0 Å². The van der Waals surface area contributed by atoms with E-state index in [-0.39, 0.29) is 24.5 Å². The number of rotatable bonds is 6. The maximum Gasteiger partial charge on any atom is 0.254 e. The SMILES string of the molecule is COc1cc([C@H]2CN(C(=O)c3ccc4c(c3)OCO4)C[C@@H]2C(=O)N2CCOCC2)cc(OC)c1OC. The first-order valence-corrected chi connectivity index (χ1v) is 11.9. The number of benzene rings is 2. The lowest BCUT2D eigenvalue weighted by Crippen LogP contribution is -2.45. The van der Waals surface area contributed by atoms with Gasteiger partial charge in [-0.15, -0.1) is 0 Å². The fourth-order valence-electron chi connectivity index (χ4n) is 5.10. The predicted octanol–water partition coefficient (Wildman–Crippen LogP) is 2.16. The highest BCUT2D eigenvalue weighted by molar-refractivity contribution is 5.96. The standard InChI is InChI=1S/C26H30N2O8/c1-31-22-11-17(12-23(32-2)24(22)33-3)18-13-28(14-19(18)26(30)27-6-8-34-9-7-27)25(29)16-4-5-20-21(10-16)36-15-35-20/h4-5,10-12,18-19H,6-9,13-15H2,1-3H3/t18-,19+/m1/s1. The molecule has 0 aromatic heterocycles. The van der Waals surface area contributed by atoms with E-state index >= 15 is 0 Å². The van der Waals surface area contributed by atoms with Gasteiger partial charge < -0.3 is 38.2 Å². The zero-order chi connectivity index (χ0) is 25.2. The minimum atomic E-state index is -0.427. The van der Waals surface area contributed by atoms with Crippen molar-refractivity contribution in [1.29, 1.82) is 0 Å². The summed E-state index contributed by atoms with van der Waals surface area (Å²) in [6.07, 6.45) is 0. The van der Waals surface area contributed by atoms with E-state index in [0.29, 0.717) is 73.7 Å². The average molecular weight is 499 g/mol. The molecule has 0 N–H and O–H groups in total. The van der Waals surface area contributed by atoms with Crippen molar-refractivity contribution in [1.82, 2.24) is 9.80 Å². The van der Waals surface area contributed by atoms with Crippen LogP contribution in [0, 0.1) is 5.92 Å². The van der Waals surface area contributed by atoms with Crippen molar-refractivity contribution in [3.8, 4) is 28.7 Å². The summed E-state index contributed by atoms with van der Waals surface area (Å²) in [5.41, 5.74) is 1.33. The lowest BCUT2D eigenvalue weighted by Gasteiger charge is -2.31. The Morgan fingerprint density at radius 2 is 1.56 bits per heavy atom. The molecular formula is C26H30N2O8. The van der Waals surface area contributed by atoms with Crippen molar-refractivity contribution in [3.05, 3.63) is 41.5 Å². The number of methoxy groups -OCH3 is 3. The number of morpholine rings is 1. The third-order valence-electron chi connectivity index (χ3n) is 6.98. The maximum absolute atomic E-state index is 13.7. The lowest BCUT2D eigenvalue weighted by atomic mass is 9.87. The highest BCUT2D eigenvalue weighted by atomic mass is 16.7. The molecule has 0 bridgehead atoms. The van der Waals surface area contributed by atoms with Crippen LogP contribution in [-0.4, -0.2) is 89.1 Å². The number of fused-ring (bicyclic) bond motifs is 1. The summed E-state index contributed by atoms with van der Waals surface area (Å²) in [4.78, 5) is 30.8. The Labute approximate surface area is 209 Å². The summed E-state index contributed by atoms with van der Waals surface area (Å²) in [7, 11) is 4.66. The van der Waals surface area contributed by atoms with Crippen molar-refractivity contribution >= 4 is 11.8 Å². The number of nitrogens with zero attached hydrogens (tertiary/aromatic N) is 2. The number of ether oxygens (including phenoxy) is 6. The van der Waals surface area contributed by atoms with E-state index in [2.05, 4.69) is 0 Å². The maximum atomic E-state index is 13.7. The van der Waals surface area contributed by atoms with E-state index in [4.69, 9.17) is 28.4 Å². The molecule has 192 valence electrons. The molecule has 2 saturated heterocycles. The fourth-order valence-corrected chi connectivity index (χ4v) is 5.10. The molecule has 36 heavy (non-hydrogen) atoms. The summed E-state index contributed by atoms with van der Waals surface area (Å²) in [6.45, 7) is 2.88. The lowest BCUT2D eigenvalue weighted by molar-refractivity contribution is -0.139. The van der Waals surface area contributed by atoms with Gasteiger partial charge >= 0.3 is 0 Å². The predicted molar refractivity (Wildman–Crippen MR) is 128 cm³/mol. The van der Waals surface area contributed by atoms with Gasteiger partial charge in [0.2, 0.25) is 18.4 Å². The normalized spacial score (nSPS) is 20.9. The Morgan fingerprint density at radius 1 is 0.861 bits per heavy atom. The summed E-state index contributed by atoms with van der Waals surface area (Å²) in [5.74, 6) is 1.81. The Balaban J connectivity index is 1.48. The van der Waals surface area contributed by atoms with Gasteiger partial charge in [-0.3, -0.25) is 9.59 Å². The second-order valence-corrected chi connectivity index (χ2v) is 8.89. The molecule has 2 amide bonds. The first kappa shape index (κ1) is 24.1. The molecule has 2 aromatic rings. The van der Waals surface area contributed by atoms with Crippen LogP contribution in [0.2, 0.25) is 0 Å².